The fourth-order valence-electron chi connectivity index (χ4n) is 2.03. The summed E-state index contributed by atoms with van der Waals surface area (Å²) in [6, 6.07) is 3.74. The van der Waals surface area contributed by atoms with Crippen molar-refractivity contribution in [2.24, 2.45) is 0 Å². The molecule has 0 radical (unpaired) electrons. The minimum atomic E-state index is -0.831. The summed E-state index contributed by atoms with van der Waals surface area (Å²) in [6.07, 6.45) is 0. The molecule has 86 valence electrons. The van der Waals surface area contributed by atoms with Gasteiger partial charge in [-0.05, 0) is 38.5 Å². The second kappa shape index (κ2) is 3.14. The lowest BCUT2D eigenvalue weighted by Crippen LogP contribution is -2.51. The Bertz CT molecular complexity index is 466. The molecule has 4 heteroatoms. The number of nitrogens with two attached hydrogens (primary N) is 1. The number of carbonyl (C=O) groups is 1. The van der Waals surface area contributed by atoms with Crippen molar-refractivity contribution in [3.8, 4) is 5.75 Å². The monoisotopic (exact) mass is 220 g/mol. The molecule has 0 saturated carbocycles. The van der Waals surface area contributed by atoms with E-state index in [9.17, 15) is 4.79 Å². The van der Waals surface area contributed by atoms with E-state index in [1.807, 2.05) is 19.1 Å². The Hall–Kier alpha value is -1.71. The zero-order valence-electron chi connectivity index (χ0n) is 10.00. The average molecular weight is 220 g/mol. The molecule has 0 atom stereocenters. The largest absolute Gasteiger partial charge is 0.476 e. The fraction of sp³-hybridized carbons (Fsp3) is 0.417. The van der Waals surface area contributed by atoms with E-state index in [-0.39, 0.29) is 5.91 Å². The average Bonchev–Trinajstić information content (AvgIpc) is 2.12. The predicted octanol–water partition coefficient (Wildman–Crippen LogP) is 1.71. The van der Waals surface area contributed by atoms with Crippen LogP contribution in [0.4, 0.5) is 11.4 Å². The number of ether oxygens (including phenoxy) is 1. The number of carbonyl (C=O) groups excluding carboxylic acids is 1. The molecular formula is C12H16N2O2. The summed E-state index contributed by atoms with van der Waals surface area (Å²) in [5.41, 5.74) is 7.33. The maximum Gasteiger partial charge on any atom is 0.270 e. The zero-order valence-corrected chi connectivity index (χ0v) is 10.00. The van der Waals surface area contributed by atoms with Gasteiger partial charge in [-0.1, -0.05) is 0 Å². The standard InChI is InChI=1S/C12H16N2O2/c1-7-5-8(13)10-9(6-7)16-12(2,3)11(15)14(10)4/h5-6H,13H2,1-4H3. The minimum absolute atomic E-state index is 0.0875. The summed E-state index contributed by atoms with van der Waals surface area (Å²) in [7, 11) is 1.72. The first-order valence-corrected chi connectivity index (χ1v) is 5.20. The summed E-state index contributed by atoms with van der Waals surface area (Å²) in [5.74, 6) is 0.583. The molecule has 2 N–H and O–H groups in total. The normalized spacial score (nSPS) is 18.0. The molecule has 1 amide bonds. The van der Waals surface area contributed by atoms with Crippen molar-refractivity contribution in [3.63, 3.8) is 0 Å². The number of anilines is 2. The van der Waals surface area contributed by atoms with Crippen LogP contribution < -0.4 is 15.4 Å². The molecular weight excluding hydrogens is 204 g/mol. The highest BCUT2D eigenvalue weighted by Crippen LogP contribution is 2.41. The number of aryl methyl sites for hydroxylation is 1. The van der Waals surface area contributed by atoms with Crippen LogP contribution in [0.15, 0.2) is 12.1 Å². The lowest BCUT2D eigenvalue weighted by molar-refractivity contribution is -0.132. The summed E-state index contributed by atoms with van der Waals surface area (Å²) >= 11 is 0. The number of fused-ring (bicyclic) bond motifs is 1. The van der Waals surface area contributed by atoms with Gasteiger partial charge in [-0.2, -0.15) is 0 Å². The van der Waals surface area contributed by atoms with Crippen LogP contribution in [0.5, 0.6) is 5.75 Å². The van der Waals surface area contributed by atoms with Crippen LogP contribution in [-0.4, -0.2) is 18.6 Å². The van der Waals surface area contributed by atoms with Crippen molar-refractivity contribution < 1.29 is 9.53 Å². The number of nitrogen functional groups attached to an aromatic ring is 1. The quantitative estimate of drug-likeness (QED) is 0.677. The Kier molecular flexibility index (Phi) is 2.12. The van der Waals surface area contributed by atoms with Crippen LogP contribution in [0.25, 0.3) is 0 Å². The second-order valence-corrected chi connectivity index (χ2v) is 4.68. The minimum Gasteiger partial charge on any atom is -0.476 e. The van der Waals surface area contributed by atoms with Crippen LogP contribution in [0, 0.1) is 6.92 Å². The highest BCUT2D eigenvalue weighted by atomic mass is 16.5. The maximum absolute atomic E-state index is 12.0. The number of nitrogens with zero attached hydrogens (tertiary/aromatic N) is 1. The Labute approximate surface area is 95.0 Å². The first kappa shape index (κ1) is 10.8. The van der Waals surface area contributed by atoms with Gasteiger partial charge in [0.25, 0.3) is 5.91 Å². The number of amides is 1. The van der Waals surface area contributed by atoms with Gasteiger partial charge in [0, 0.05) is 7.05 Å². The van der Waals surface area contributed by atoms with Crippen molar-refractivity contribution in [3.05, 3.63) is 17.7 Å². The molecule has 0 aliphatic carbocycles. The number of likely N-dealkylation sites (N-methyl/N-ethyl adjacent to an activating group) is 1. The van der Waals surface area contributed by atoms with E-state index in [4.69, 9.17) is 10.5 Å². The lowest BCUT2D eigenvalue weighted by atomic mass is 10.0. The molecule has 0 fully saturated rings. The first-order valence-electron chi connectivity index (χ1n) is 5.20. The molecule has 16 heavy (non-hydrogen) atoms. The van der Waals surface area contributed by atoms with E-state index in [0.717, 1.165) is 5.56 Å². The van der Waals surface area contributed by atoms with E-state index in [1.54, 1.807) is 25.8 Å². The van der Waals surface area contributed by atoms with Gasteiger partial charge < -0.3 is 15.4 Å². The van der Waals surface area contributed by atoms with Crippen molar-refractivity contribution in [1.29, 1.82) is 0 Å². The lowest BCUT2D eigenvalue weighted by Gasteiger charge is -2.37. The molecule has 1 aliphatic rings. The summed E-state index contributed by atoms with van der Waals surface area (Å²) in [4.78, 5) is 13.6. The van der Waals surface area contributed by atoms with Crippen molar-refractivity contribution >= 4 is 17.3 Å². The summed E-state index contributed by atoms with van der Waals surface area (Å²) in [5, 5.41) is 0. The number of rotatable bonds is 0. The van der Waals surface area contributed by atoms with E-state index in [0.29, 0.717) is 17.1 Å². The molecule has 1 aromatic carbocycles. The molecule has 1 aliphatic heterocycles. The smallest absolute Gasteiger partial charge is 0.270 e. The van der Waals surface area contributed by atoms with Crippen LogP contribution in [0.1, 0.15) is 19.4 Å². The Morgan fingerprint density at radius 2 is 2.00 bits per heavy atom. The van der Waals surface area contributed by atoms with Gasteiger partial charge >= 0.3 is 0 Å². The van der Waals surface area contributed by atoms with Gasteiger partial charge in [-0.3, -0.25) is 4.79 Å². The van der Waals surface area contributed by atoms with E-state index < -0.39 is 5.60 Å². The Morgan fingerprint density at radius 3 is 2.62 bits per heavy atom. The predicted molar refractivity (Wildman–Crippen MR) is 63.7 cm³/mol. The Morgan fingerprint density at radius 1 is 1.38 bits per heavy atom. The third kappa shape index (κ3) is 1.41. The molecule has 0 spiro atoms. The highest BCUT2D eigenvalue weighted by molar-refractivity contribution is 6.04. The van der Waals surface area contributed by atoms with Gasteiger partial charge in [0.2, 0.25) is 0 Å². The fourth-order valence-corrected chi connectivity index (χ4v) is 2.03. The molecule has 0 bridgehead atoms. The summed E-state index contributed by atoms with van der Waals surface area (Å²) < 4.78 is 5.69. The molecule has 2 rings (SSSR count). The van der Waals surface area contributed by atoms with Crippen LogP contribution in [-0.2, 0) is 4.79 Å². The SMILES string of the molecule is Cc1cc(N)c2c(c1)OC(C)(C)C(=O)N2C. The summed E-state index contributed by atoms with van der Waals surface area (Å²) in [6.45, 7) is 5.46. The zero-order chi connectivity index (χ0) is 12.1. The molecule has 1 heterocycles. The maximum atomic E-state index is 12.0. The van der Waals surface area contributed by atoms with E-state index in [1.165, 1.54) is 0 Å². The molecule has 0 aromatic heterocycles. The molecule has 0 unspecified atom stereocenters. The molecule has 1 aromatic rings. The topological polar surface area (TPSA) is 55.6 Å². The van der Waals surface area contributed by atoms with Crippen molar-refractivity contribution in [1.82, 2.24) is 0 Å². The van der Waals surface area contributed by atoms with E-state index in [2.05, 4.69) is 0 Å². The second-order valence-electron chi connectivity index (χ2n) is 4.68. The van der Waals surface area contributed by atoms with Crippen LogP contribution in [0.3, 0.4) is 0 Å². The molecule has 4 nitrogen and oxygen atoms in total. The third-order valence-corrected chi connectivity index (χ3v) is 2.77. The third-order valence-electron chi connectivity index (χ3n) is 2.77. The van der Waals surface area contributed by atoms with Gasteiger partial charge in [-0.15, -0.1) is 0 Å². The van der Waals surface area contributed by atoms with Crippen LogP contribution >= 0.6 is 0 Å². The molecule has 0 saturated heterocycles. The van der Waals surface area contributed by atoms with E-state index >= 15 is 0 Å². The first-order chi connectivity index (χ1) is 7.33. The van der Waals surface area contributed by atoms with Gasteiger partial charge in [-0.25, -0.2) is 0 Å². The van der Waals surface area contributed by atoms with Gasteiger partial charge in [0.15, 0.2) is 5.60 Å². The van der Waals surface area contributed by atoms with Crippen molar-refractivity contribution in [2.45, 2.75) is 26.4 Å². The Balaban J connectivity index is 2.64. The highest BCUT2D eigenvalue weighted by Gasteiger charge is 2.40. The van der Waals surface area contributed by atoms with Gasteiger partial charge in [0.1, 0.15) is 11.4 Å². The number of benzene rings is 1. The van der Waals surface area contributed by atoms with Gasteiger partial charge in [0.05, 0.1) is 5.69 Å². The van der Waals surface area contributed by atoms with Crippen molar-refractivity contribution in [2.75, 3.05) is 17.7 Å². The number of hydrogen-bond acceptors (Lipinski definition) is 3. The van der Waals surface area contributed by atoms with Crippen LogP contribution in [0.2, 0.25) is 0 Å². The number of hydrogen-bond donors (Lipinski definition) is 1.